The van der Waals surface area contributed by atoms with Gasteiger partial charge in [0.2, 0.25) is 0 Å². The minimum atomic E-state index is -0.505. The molecule has 2 nitrogen and oxygen atoms in total. The fourth-order valence-electron chi connectivity index (χ4n) is 1.04. The number of benzene rings is 1. The normalized spacial score (nSPS) is 10.5. The van der Waals surface area contributed by atoms with Crippen molar-refractivity contribution in [1.82, 2.24) is 0 Å². The molecular weight excluding hydrogens is 279 g/mol. The van der Waals surface area contributed by atoms with E-state index in [2.05, 4.69) is 15.9 Å². The number of rotatable bonds is 4. The van der Waals surface area contributed by atoms with Crippen molar-refractivity contribution in [3.63, 3.8) is 0 Å². The number of carbonyl (C=O) groups is 1. The molecule has 1 aromatic rings. The van der Waals surface area contributed by atoms with Crippen LogP contribution in [0.4, 0.5) is 0 Å². The molecule has 15 heavy (non-hydrogen) atoms. The summed E-state index contributed by atoms with van der Waals surface area (Å²) in [7, 11) is 0. The standard InChI is InChI=1S/C11H12BrClO2/c1-7(2)6-15-10-4-3-8(12)5-9(10)11(13)14/h3-5,7H,6H2,1-2H3. The third kappa shape index (κ3) is 3.84. The lowest BCUT2D eigenvalue weighted by Crippen LogP contribution is -2.07. The predicted molar refractivity (Wildman–Crippen MR) is 64.7 cm³/mol. The fraction of sp³-hybridized carbons (Fsp3) is 0.364. The number of ether oxygens (including phenoxy) is 1. The summed E-state index contributed by atoms with van der Waals surface area (Å²) in [6.07, 6.45) is 0. The smallest absolute Gasteiger partial charge is 0.256 e. The molecular formula is C11H12BrClO2. The van der Waals surface area contributed by atoms with Crippen LogP contribution in [-0.4, -0.2) is 11.8 Å². The molecule has 0 aliphatic carbocycles. The molecule has 0 saturated heterocycles. The second-order valence-electron chi connectivity index (χ2n) is 3.62. The molecule has 1 rings (SSSR count). The molecule has 82 valence electrons. The summed E-state index contributed by atoms with van der Waals surface area (Å²) in [5.74, 6) is 0.943. The van der Waals surface area contributed by atoms with Crippen molar-refractivity contribution in [3.05, 3.63) is 28.2 Å². The summed E-state index contributed by atoms with van der Waals surface area (Å²) in [5, 5.41) is -0.505. The van der Waals surface area contributed by atoms with Gasteiger partial charge >= 0.3 is 0 Å². The van der Waals surface area contributed by atoms with Gasteiger partial charge in [-0.3, -0.25) is 4.79 Å². The maximum atomic E-state index is 11.1. The molecule has 0 N–H and O–H groups in total. The van der Waals surface area contributed by atoms with Gasteiger partial charge in [0, 0.05) is 4.47 Å². The van der Waals surface area contributed by atoms with Gasteiger partial charge in [-0.05, 0) is 35.7 Å². The Morgan fingerprint density at radius 2 is 2.20 bits per heavy atom. The zero-order valence-corrected chi connectivity index (χ0v) is 10.9. The monoisotopic (exact) mass is 290 g/mol. The minimum absolute atomic E-state index is 0.395. The van der Waals surface area contributed by atoms with Crippen molar-refractivity contribution in [2.45, 2.75) is 13.8 Å². The zero-order valence-electron chi connectivity index (χ0n) is 8.59. The molecule has 0 aromatic heterocycles. The van der Waals surface area contributed by atoms with Gasteiger partial charge in [-0.1, -0.05) is 29.8 Å². The van der Waals surface area contributed by atoms with E-state index in [1.54, 1.807) is 12.1 Å². The van der Waals surface area contributed by atoms with Crippen molar-refractivity contribution >= 4 is 32.8 Å². The van der Waals surface area contributed by atoms with E-state index in [0.717, 1.165) is 4.47 Å². The van der Waals surface area contributed by atoms with Crippen LogP contribution in [0.2, 0.25) is 0 Å². The third-order valence-corrected chi connectivity index (χ3v) is 2.42. The first-order valence-corrected chi connectivity index (χ1v) is 5.80. The molecule has 4 heteroatoms. The van der Waals surface area contributed by atoms with E-state index in [-0.39, 0.29) is 0 Å². The first kappa shape index (κ1) is 12.5. The van der Waals surface area contributed by atoms with E-state index < -0.39 is 5.24 Å². The van der Waals surface area contributed by atoms with Gasteiger partial charge in [-0.15, -0.1) is 0 Å². The summed E-state index contributed by atoms with van der Waals surface area (Å²) in [5.41, 5.74) is 0.395. The summed E-state index contributed by atoms with van der Waals surface area (Å²) >= 11 is 8.73. The minimum Gasteiger partial charge on any atom is -0.493 e. The van der Waals surface area contributed by atoms with Crippen LogP contribution in [-0.2, 0) is 0 Å². The first-order chi connectivity index (χ1) is 7.00. The highest BCUT2D eigenvalue weighted by Gasteiger charge is 2.11. The summed E-state index contributed by atoms with van der Waals surface area (Å²) < 4.78 is 6.30. The Labute approximate surface area is 103 Å². The molecule has 0 atom stereocenters. The molecule has 0 aliphatic heterocycles. The van der Waals surface area contributed by atoms with Gasteiger partial charge in [-0.2, -0.15) is 0 Å². The Morgan fingerprint density at radius 1 is 1.53 bits per heavy atom. The van der Waals surface area contributed by atoms with E-state index in [1.807, 2.05) is 19.9 Å². The van der Waals surface area contributed by atoms with E-state index in [4.69, 9.17) is 16.3 Å². The van der Waals surface area contributed by atoms with Crippen molar-refractivity contribution in [1.29, 1.82) is 0 Å². The lowest BCUT2D eigenvalue weighted by Gasteiger charge is -2.11. The molecule has 0 fully saturated rings. The van der Waals surface area contributed by atoms with Crippen LogP contribution in [0.15, 0.2) is 22.7 Å². The van der Waals surface area contributed by atoms with Gasteiger partial charge in [0.1, 0.15) is 5.75 Å². The van der Waals surface area contributed by atoms with Gasteiger partial charge in [0.25, 0.3) is 5.24 Å². The van der Waals surface area contributed by atoms with Crippen LogP contribution in [0.5, 0.6) is 5.75 Å². The van der Waals surface area contributed by atoms with E-state index in [9.17, 15) is 4.79 Å². The lowest BCUT2D eigenvalue weighted by atomic mass is 10.2. The van der Waals surface area contributed by atoms with Crippen LogP contribution in [0, 0.1) is 5.92 Å². The largest absolute Gasteiger partial charge is 0.493 e. The molecule has 1 aromatic carbocycles. The van der Waals surface area contributed by atoms with E-state index in [0.29, 0.717) is 23.8 Å². The summed E-state index contributed by atoms with van der Waals surface area (Å²) in [6.45, 7) is 4.65. The summed E-state index contributed by atoms with van der Waals surface area (Å²) in [6, 6.07) is 5.21. The van der Waals surface area contributed by atoms with Crippen molar-refractivity contribution in [2.75, 3.05) is 6.61 Å². The number of carbonyl (C=O) groups excluding carboxylic acids is 1. The Bertz CT molecular complexity index is 364. The van der Waals surface area contributed by atoms with Crippen LogP contribution < -0.4 is 4.74 Å². The topological polar surface area (TPSA) is 26.3 Å². The Balaban J connectivity index is 2.91. The van der Waals surface area contributed by atoms with Crippen molar-refractivity contribution in [2.24, 2.45) is 5.92 Å². The maximum absolute atomic E-state index is 11.1. The number of hydrogen-bond acceptors (Lipinski definition) is 2. The average molecular weight is 292 g/mol. The van der Waals surface area contributed by atoms with Gasteiger partial charge < -0.3 is 4.74 Å². The van der Waals surface area contributed by atoms with Gasteiger partial charge in [-0.25, -0.2) is 0 Å². The average Bonchev–Trinajstić information content (AvgIpc) is 2.15. The first-order valence-electron chi connectivity index (χ1n) is 4.63. The highest BCUT2D eigenvalue weighted by molar-refractivity contribution is 9.10. The highest BCUT2D eigenvalue weighted by Crippen LogP contribution is 2.25. The van der Waals surface area contributed by atoms with E-state index >= 15 is 0 Å². The maximum Gasteiger partial charge on any atom is 0.256 e. The molecule has 0 heterocycles. The van der Waals surface area contributed by atoms with Crippen LogP contribution >= 0.6 is 27.5 Å². The number of hydrogen-bond donors (Lipinski definition) is 0. The summed E-state index contributed by atoms with van der Waals surface area (Å²) in [4.78, 5) is 11.1. The SMILES string of the molecule is CC(C)COc1ccc(Br)cc1C(=O)Cl. The molecule has 0 spiro atoms. The van der Waals surface area contributed by atoms with Crippen LogP contribution in [0.1, 0.15) is 24.2 Å². The van der Waals surface area contributed by atoms with E-state index in [1.165, 1.54) is 0 Å². The molecule has 0 saturated carbocycles. The molecule has 0 unspecified atom stereocenters. The highest BCUT2D eigenvalue weighted by atomic mass is 79.9. The predicted octanol–water partition coefficient (Wildman–Crippen LogP) is 3.86. The van der Waals surface area contributed by atoms with Crippen LogP contribution in [0.25, 0.3) is 0 Å². The molecule has 0 amide bonds. The Morgan fingerprint density at radius 3 is 2.73 bits per heavy atom. The second-order valence-corrected chi connectivity index (χ2v) is 4.88. The number of halogens is 2. The van der Waals surface area contributed by atoms with Gasteiger partial charge in [0.05, 0.1) is 12.2 Å². The molecule has 0 aliphatic rings. The molecule has 0 bridgehead atoms. The van der Waals surface area contributed by atoms with Crippen LogP contribution in [0.3, 0.4) is 0 Å². The molecule has 0 radical (unpaired) electrons. The zero-order chi connectivity index (χ0) is 11.4. The third-order valence-electron chi connectivity index (χ3n) is 1.73. The lowest BCUT2D eigenvalue weighted by molar-refractivity contribution is 0.107. The Hall–Kier alpha value is -0.540. The second kappa shape index (κ2) is 5.52. The van der Waals surface area contributed by atoms with Crippen molar-refractivity contribution < 1.29 is 9.53 Å². The van der Waals surface area contributed by atoms with Gasteiger partial charge in [0.15, 0.2) is 0 Å². The van der Waals surface area contributed by atoms with Crippen molar-refractivity contribution in [3.8, 4) is 5.75 Å². The Kier molecular flexibility index (Phi) is 4.61. The quantitative estimate of drug-likeness (QED) is 0.787. The fourth-order valence-corrected chi connectivity index (χ4v) is 1.55.